The summed E-state index contributed by atoms with van der Waals surface area (Å²) in [5.74, 6) is 1.19. The van der Waals surface area contributed by atoms with Crippen LogP contribution in [-0.2, 0) is 24.2 Å². The first-order valence-electron chi connectivity index (χ1n) is 9.75. The molecule has 2 aliphatic rings. The Morgan fingerprint density at radius 1 is 1.15 bits per heavy atom. The zero-order chi connectivity index (χ0) is 18.5. The third-order valence-corrected chi connectivity index (χ3v) is 6.20. The molecule has 1 amide bonds. The van der Waals surface area contributed by atoms with Crippen molar-refractivity contribution in [1.82, 2.24) is 15.1 Å². The second-order valence-corrected chi connectivity index (χ2v) is 8.30. The number of carbonyl (C=O) groups excluding carboxylic acids is 1. The number of benzene rings is 1. The van der Waals surface area contributed by atoms with Gasteiger partial charge in [0, 0.05) is 50.6 Å². The molecule has 27 heavy (non-hydrogen) atoms. The molecule has 0 unspecified atom stereocenters. The summed E-state index contributed by atoms with van der Waals surface area (Å²) in [4.78, 5) is 18.2. The van der Waals surface area contributed by atoms with Gasteiger partial charge in [-0.25, -0.2) is 0 Å². The topological polar surface area (TPSA) is 44.8 Å². The summed E-state index contributed by atoms with van der Waals surface area (Å²) in [7, 11) is 0. The number of thiophene rings is 1. The lowest BCUT2D eigenvalue weighted by Crippen LogP contribution is -2.49. The summed E-state index contributed by atoms with van der Waals surface area (Å²) in [6, 6.07) is 10.7. The summed E-state index contributed by atoms with van der Waals surface area (Å²) >= 11 is 1.74. The van der Waals surface area contributed by atoms with Crippen molar-refractivity contribution in [3.63, 3.8) is 0 Å². The molecule has 0 atom stereocenters. The third kappa shape index (κ3) is 5.09. The molecule has 1 fully saturated rings. The minimum Gasteiger partial charge on any atom is -0.493 e. The van der Waals surface area contributed by atoms with Gasteiger partial charge in [-0.1, -0.05) is 18.2 Å². The zero-order valence-corrected chi connectivity index (χ0v) is 16.5. The highest BCUT2D eigenvalue weighted by atomic mass is 32.1. The lowest BCUT2D eigenvalue weighted by atomic mass is 10.1. The molecule has 144 valence electrons. The maximum absolute atomic E-state index is 12.1. The number of nitrogens with one attached hydrogen (secondary N) is 1. The number of ether oxygens (including phenoxy) is 1. The second-order valence-electron chi connectivity index (χ2n) is 7.27. The van der Waals surface area contributed by atoms with E-state index in [4.69, 9.17) is 4.74 Å². The van der Waals surface area contributed by atoms with Crippen molar-refractivity contribution >= 4 is 17.2 Å². The number of carbonyl (C=O) groups is 1. The lowest BCUT2D eigenvalue weighted by Gasteiger charge is -2.34. The van der Waals surface area contributed by atoms with E-state index in [2.05, 4.69) is 50.8 Å². The van der Waals surface area contributed by atoms with Crippen LogP contribution in [0.15, 0.2) is 35.7 Å². The van der Waals surface area contributed by atoms with Crippen molar-refractivity contribution in [2.45, 2.75) is 19.4 Å². The Bertz CT molecular complexity index is 755. The van der Waals surface area contributed by atoms with Crippen molar-refractivity contribution in [2.24, 2.45) is 0 Å². The van der Waals surface area contributed by atoms with Crippen molar-refractivity contribution in [3.8, 4) is 5.75 Å². The van der Waals surface area contributed by atoms with Gasteiger partial charge in [0.05, 0.1) is 13.2 Å². The molecule has 6 heteroatoms. The summed E-state index contributed by atoms with van der Waals surface area (Å²) in [5.41, 5.74) is 2.70. The number of amides is 1. The Kier molecular flexibility index (Phi) is 6.07. The Balaban J connectivity index is 1.16. The summed E-state index contributed by atoms with van der Waals surface area (Å²) in [6.07, 6.45) is 1.95. The predicted molar refractivity (Wildman–Crippen MR) is 108 cm³/mol. The molecule has 2 aromatic rings. The van der Waals surface area contributed by atoms with E-state index in [1.165, 1.54) is 16.0 Å². The fourth-order valence-corrected chi connectivity index (χ4v) is 4.45. The monoisotopic (exact) mass is 385 g/mol. The molecule has 0 spiro atoms. The zero-order valence-electron chi connectivity index (χ0n) is 15.7. The van der Waals surface area contributed by atoms with E-state index >= 15 is 0 Å². The largest absolute Gasteiger partial charge is 0.493 e. The predicted octanol–water partition coefficient (Wildman–Crippen LogP) is 2.16. The number of hydrogen-bond acceptors (Lipinski definition) is 5. The number of nitrogens with zero attached hydrogens (tertiary/aromatic N) is 2. The van der Waals surface area contributed by atoms with E-state index in [9.17, 15) is 4.79 Å². The van der Waals surface area contributed by atoms with Crippen LogP contribution in [0.5, 0.6) is 5.75 Å². The summed E-state index contributed by atoms with van der Waals surface area (Å²) in [5, 5.41) is 5.12. The first-order chi connectivity index (χ1) is 13.3. The van der Waals surface area contributed by atoms with Crippen LogP contribution in [0, 0.1) is 0 Å². The molecule has 5 nitrogen and oxygen atoms in total. The molecular formula is C21H27N3O2S. The van der Waals surface area contributed by atoms with E-state index in [1.54, 1.807) is 11.3 Å². The van der Waals surface area contributed by atoms with Crippen molar-refractivity contribution in [1.29, 1.82) is 0 Å². The van der Waals surface area contributed by atoms with Crippen LogP contribution in [-0.4, -0.2) is 61.6 Å². The summed E-state index contributed by atoms with van der Waals surface area (Å²) in [6.45, 7) is 6.95. The minimum absolute atomic E-state index is 0.138. The van der Waals surface area contributed by atoms with Crippen LogP contribution in [0.1, 0.15) is 16.0 Å². The normalized spacial score (nSPS) is 17.5. The summed E-state index contributed by atoms with van der Waals surface area (Å²) < 4.78 is 5.59. The van der Waals surface area contributed by atoms with Gasteiger partial charge in [-0.05, 0) is 35.1 Å². The van der Waals surface area contributed by atoms with Crippen molar-refractivity contribution in [3.05, 3.63) is 51.7 Å². The van der Waals surface area contributed by atoms with Crippen LogP contribution < -0.4 is 10.1 Å². The van der Waals surface area contributed by atoms with Gasteiger partial charge in [-0.2, -0.15) is 0 Å². The Morgan fingerprint density at radius 3 is 2.81 bits per heavy atom. The molecule has 4 rings (SSSR count). The van der Waals surface area contributed by atoms with Gasteiger partial charge in [0.15, 0.2) is 0 Å². The van der Waals surface area contributed by atoms with Gasteiger partial charge >= 0.3 is 0 Å². The number of piperazine rings is 1. The molecule has 0 bridgehead atoms. The maximum Gasteiger partial charge on any atom is 0.234 e. The van der Waals surface area contributed by atoms with E-state index in [-0.39, 0.29) is 5.91 Å². The molecule has 1 saturated heterocycles. The minimum atomic E-state index is 0.138. The smallest absolute Gasteiger partial charge is 0.234 e. The van der Waals surface area contributed by atoms with Gasteiger partial charge in [0.1, 0.15) is 5.75 Å². The first-order valence-corrected chi connectivity index (χ1v) is 10.6. The fraction of sp³-hybridized carbons (Fsp3) is 0.476. The quantitative estimate of drug-likeness (QED) is 0.793. The van der Waals surface area contributed by atoms with Crippen LogP contribution in [0.3, 0.4) is 0 Å². The van der Waals surface area contributed by atoms with Crippen LogP contribution >= 0.6 is 11.3 Å². The highest BCUT2D eigenvalue weighted by molar-refractivity contribution is 7.09. The van der Waals surface area contributed by atoms with Gasteiger partial charge in [0.25, 0.3) is 0 Å². The maximum atomic E-state index is 12.1. The Labute approximate surface area is 164 Å². The molecule has 0 saturated carbocycles. The SMILES string of the molecule is O=C(CN1CCN(Cc2ccc3c(c2)CCO3)CC1)NCCc1cccs1. The lowest BCUT2D eigenvalue weighted by molar-refractivity contribution is -0.122. The highest BCUT2D eigenvalue weighted by Crippen LogP contribution is 2.26. The number of fused-ring (bicyclic) bond motifs is 1. The second kappa shape index (κ2) is 8.87. The van der Waals surface area contributed by atoms with Gasteiger partial charge in [0.2, 0.25) is 5.91 Å². The van der Waals surface area contributed by atoms with Crippen LogP contribution in [0.4, 0.5) is 0 Å². The van der Waals surface area contributed by atoms with Gasteiger partial charge in [-0.3, -0.25) is 14.6 Å². The molecule has 3 heterocycles. The Morgan fingerprint density at radius 2 is 2.00 bits per heavy atom. The van der Waals surface area contributed by atoms with Gasteiger partial charge < -0.3 is 10.1 Å². The molecule has 1 aromatic carbocycles. The number of rotatable bonds is 7. The van der Waals surface area contributed by atoms with E-state index in [0.717, 1.165) is 64.5 Å². The average Bonchev–Trinajstić information content (AvgIpc) is 3.34. The molecule has 0 aliphatic carbocycles. The van der Waals surface area contributed by atoms with Crippen molar-refractivity contribution < 1.29 is 9.53 Å². The fourth-order valence-electron chi connectivity index (χ4n) is 3.74. The molecule has 1 N–H and O–H groups in total. The highest BCUT2D eigenvalue weighted by Gasteiger charge is 2.20. The average molecular weight is 386 g/mol. The third-order valence-electron chi connectivity index (χ3n) is 5.27. The van der Waals surface area contributed by atoms with E-state index in [1.807, 2.05) is 0 Å². The van der Waals surface area contributed by atoms with Gasteiger partial charge in [-0.15, -0.1) is 11.3 Å². The molecular weight excluding hydrogens is 358 g/mol. The molecule has 2 aliphatic heterocycles. The van der Waals surface area contributed by atoms with Crippen LogP contribution in [0.25, 0.3) is 0 Å². The first kappa shape index (κ1) is 18.5. The van der Waals surface area contributed by atoms with E-state index < -0.39 is 0 Å². The molecule has 1 aromatic heterocycles. The van der Waals surface area contributed by atoms with Crippen molar-refractivity contribution in [2.75, 3.05) is 45.9 Å². The number of hydrogen-bond donors (Lipinski definition) is 1. The van der Waals surface area contributed by atoms with Crippen LogP contribution in [0.2, 0.25) is 0 Å². The Hall–Kier alpha value is -1.89. The molecule has 0 radical (unpaired) electrons. The standard InChI is InChI=1S/C21H27N3O2S/c25-21(22-7-5-19-2-1-13-27-19)16-24-10-8-23(9-11-24)15-17-3-4-20-18(14-17)6-12-26-20/h1-4,13-14H,5-12,15-16H2,(H,22,25). The van der Waals surface area contributed by atoms with E-state index in [0.29, 0.717) is 6.54 Å².